The zero-order chi connectivity index (χ0) is 17.1. The molecule has 2 N–H and O–H groups in total. The van der Waals surface area contributed by atoms with Crippen LogP contribution in [0.4, 0.5) is 18.9 Å². The molecule has 3 nitrogen and oxygen atoms in total. The standard InChI is InChI=1S/C17H10F3N3S/c18-11-2-3-13(14(19)6-11)17-7-12(9-22-17)24-23-16-4-1-10(8-21)5-15(16)20/h1-7,9,22-23H. The summed E-state index contributed by atoms with van der Waals surface area (Å²) in [6.45, 7) is 0. The van der Waals surface area contributed by atoms with Gasteiger partial charge in [-0.15, -0.1) is 0 Å². The summed E-state index contributed by atoms with van der Waals surface area (Å²) >= 11 is 1.12. The lowest BCUT2D eigenvalue weighted by Crippen LogP contribution is -1.91. The number of nitrogens with zero attached hydrogens (tertiary/aromatic N) is 1. The van der Waals surface area contributed by atoms with Crippen molar-refractivity contribution in [1.29, 1.82) is 5.26 Å². The van der Waals surface area contributed by atoms with Gasteiger partial charge in [0.1, 0.15) is 17.5 Å². The third-order valence-electron chi connectivity index (χ3n) is 3.25. The predicted octanol–water partition coefficient (Wildman–Crippen LogP) is 5.09. The minimum absolute atomic E-state index is 0.231. The Kier molecular flexibility index (Phi) is 4.49. The highest BCUT2D eigenvalue weighted by Crippen LogP contribution is 2.29. The average Bonchev–Trinajstić information content (AvgIpc) is 3.02. The Balaban J connectivity index is 1.74. The van der Waals surface area contributed by atoms with Crippen LogP contribution in [0.1, 0.15) is 5.56 Å². The molecule has 0 aliphatic carbocycles. The highest BCUT2D eigenvalue weighted by molar-refractivity contribution is 8.00. The SMILES string of the molecule is N#Cc1ccc(NSc2c[nH]c(-c3ccc(F)cc3F)c2)c(F)c1. The number of hydrogen-bond acceptors (Lipinski definition) is 3. The Morgan fingerprint density at radius 1 is 1.00 bits per heavy atom. The van der Waals surface area contributed by atoms with Crippen LogP contribution in [-0.2, 0) is 0 Å². The maximum atomic E-state index is 13.8. The van der Waals surface area contributed by atoms with E-state index in [4.69, 9.17) is 5.26 Å². The molecule has 0 aliphatic heterocycles. The Morgan fingerprint density at radius 3 is 2.54 bits per heavy atom. The molecule has 0 amide bonds. The largest absolute Gasteiger partial charge is 0.360 e. The molecule has 0 unspecified atom stereocenters. The van der Waals surface area contributed by atoms with Crippen molar-refractivity contribution in [3.63, 3.8) is 0 Å². The second-order valence-corrected chi connectivity index (χ2v) is 5.76. The summed E-state index contributed by atoms with van der Waals surface area (Å²) in [5, 5.41) is 8.71. The van der Waals surface area contributed by atoms with Gasteiger partial charge in [-0.2, -0.15) is 5.26 Å². The van der Waals surface area contributed by atoms with Gasteiger partial charge in [0.25, 0.3) is 0 Å². The maximum Gasteiger partial charge on any atom is 0.148 e. The number of anilines is 1. The Labute approximate surface area is 140 Å². The van der Waals surface area contributed by atoms with Crippen molar-refractivity contribution in [2.45, 2.75) is 4.90 Å². The summed E-state index contributed by atoms with van der Waals surface area (Å²) < 4.78 is 43.3. The van der Waals surface area contributed by atoms with E-state index in [-0.39, 0.29) is 16.8 Å². The van der Waals surface area contributed by atoms with Gasteiger partial charge in [-0.1, -0.05) is 0 Å². The topological polar surface area (TPSA) is 51.6 Å². The third kappa shape index (κ3) is 3.39. The molecule has 1 heterocycles. The highest BCUT2D eigenvalue weighted by Gasteiger charge is 2.10. The molecule has 3 aromatic rings. The van der Waals surface area contributed by atoms with E-state index in [1.165, 1.54) is 24.3 Å². The van der Waals surface area contributed by atoms with Gasteiger partial charge in [-0.3, -0.25) is 0 Å². The highest BCUT2D eigenvalue weighted by atomic mass is 32.2. The number of nitrogens with one attached hydrogen (secondary N) is 2. The summed E-state index contributed by atoms with van der Waals surface area (Å²) in [4.78, 5) is 3.58. The van der Waals surface area contributed by atoms with Gasteiger partial charge in [0.15, 0.2) is 0 Å². The van der Waals surface area contributed by atoms with E-state index in [1.54, 1.807) is 12.3 Å². The van der Waals surface area contributed by atoms with Crippen LogP contribution >= 0.6 is 11.9 Å². The smallest absolute Gasteiger partial charge is 0.148 e. The molecule has 0 bridgehead atoms. The number of hydrogen-bond donors (Lipinski definition) is 2. The summed E-state index contributed by atoms with van der Waals surface area (Å²) in [6, 6.07) is 11.0. The van der Waals surface area contributed by atoms with Gasteiger partial charge in [-0.05, 0) is 48.3 Å². The molecule has 24 heavy (non-hydrogen) atoms. The normalized spacial score (nSPS) is 10.4. The van der Waals surface area contributed by atoms with E-state index in [2.05, 4.69) is 9.71 Å². The number of halogens is 3. The quantitative estimate of drug-likeness (QED) is 0.648. The Hall–Kier alpha value is -2.85. The van der Waals surface area contributed by atoms with E-state index in [0.29, 0.717) is 10.6 Å². The van der Waals surface area contributed by atoms with Crippen LogP contribution < -0.4 is 4.72 Å². The van der Waals surface area contributed by atoms with Crippen molar-refractivity contribution in [3.8, 4) is 17.3 Å². The third-order valence-corrected chi connectivity index (χ3v) is 4.05. The van der Waals surface area contributed by atoms with E-state index in [9.17, 15) is 13.2 Å². The van der Waals surface area contributed by atoms with Gasteiger partial charge in [-0.25, -0.2) is 13.2 Å². The molecule has 0 saturated carbocycles. The lowest BCUT2D eigenvalue weighted by molar-refractivity contribution is 0.585. The number of nitriles is 1. The monoisotopic (exact) mass is 345 g/mol. The molecule has 7 heteroatoms. The number of benzene rings is 2. The van der Waals surface area contributed by atoms with Gasteiger partial charge >= 0.3 is 0 Å². The summed E-state index contributed by atoms with van der Waals surface area (Å²) in [5.74, 6) is -1.85. The van der Waals surface area contributed by atoms with Gasteiger partial charge in [0.05, 0.1) is 17.3 Å². The van der Waals surface area contributed by atoms with Gasteiger partial charge < -0.3 is 9.71 Å². The van der Waals surface area contributed by atoms with E-state index in [0.717, 1.165) is 24.1 Å². The number of aromatic amines is 1. The van der Waals surface area contributed by atoms with Gasteiger partial charge in [0, 0.05) is 28.4 Å². The molecule has 0 radical (unpaired) electrons. The van der Waals surface area contributed by atoms with E-state index in [1.807, 2.05) is 6.07 Å². The van der Waals surface area contributed by atoms with Crippen LogP contribution in [0.25, 0.3) is 11.3 Å². The first-order valence-corrected chi connectivity index (χ1v) is 7.65. The predicted molar refractivity (Wildman–Crippen MR) is 86.7 cm³/mol. The first-order valence-electron chi connectivity index (χ1n) is 6.83. The molecule has 0 aliphatic rings. The second-order valence-electron chi connectivity index (χ2n) is 4.88. The van der Waals surface area contributed by atoms with Crippen LogP contribution in [0, 0.1) is 28.8 Å². The minimum atomic E-state index is -0.667. The Bertz CT molecular complexity index is 931. The Morgan fingerprint density at radius 2 is 1.83 bits per heavy atom. The van der Waals surface area contributed by atoms with Crippen molar-refractivity contribution < 1.29 is 13.2 Å². The minimum Gasteiger partial charge on any atom is -0.360 e. The van der Waals surface area contributed by atoms with Crippen LogP contribution in [-0.4, -0.2) is 4.98 Å². The lowest BCUT2D eigenvalue weighted by Gasteiger charge is -2.05. The van der Waals surface area contributed by atoms with Crippen molar-refractivity contribution in [3.05, 3.63) is 71.7 Å². The summed E-state index contributed by atoms with van der Waals surface area (Å²) in [6.07, 6.45) is 1.62. The molecule has 0 saturated heterocycles. The van der Waals surface area contributed by atoms with Crippen molar-refractivity contribution >= 4 is 17.6 Å². The molecular weight excluding hydrogens is 335 g/mol. The summed E-state index contributed by atoms with van der Waals surface area (Å²) in [7, 11) is 0. The molecule has 3 rings (SSSR count). The number of aromatic nitrogens is 1. The van der Waals surface area contributed by atoms with Crippen LogP contribution in [0.3, 0.4) is 0 Å². The molecule has 120 valence electrons. The molecule has 0 fully saturated rings. The van der Waals surface area contributed by atoms with E-state index < -0.39 is 17.5 Å². The fourth-order valence-corrected chi connectivity index (χ4v) is 2.77. The second kappa shape index (κ2) is 6.72. The maximum absolute atomic E-state index is 13.8. The zero-order valence-electron chi connectivity index (χ0n) is 12.1. The average molecular weight is 345 g/mol. The first kappa shape index (κ1) is 16.0. The van der Waals surface area contributed by atoms with E-state index >= 15 is 0 Å². The van der Waals surface area contributed by atoms with Crippen LogP contribution in [0.2, 0.25) is 0 Å². The summed E-state index contributed by atoms with van der Waals surface area (Å²) in [5.41, 5.74) is 1.19. The van der Waals surface area contributed by atoms with Gasteiger partial charge in [0.2, 0.25) is 0 Å². The van der Waals surface area contributed by atoms with Crippen LogP contribution in [0.15, 0.2) is 53.6 Å². The molecule has 2 aromatic carbocycles. The molecular formula is C17H10F3N3S. The number of rotatable bonds is 4. The van der Waals surface area contributed by atoms with Crippen LogP contribution in [0.5, 0.6) is 0 Å². The lowest BCUT2D eigenvalue weighted by atomic mass is 10.1. The molecule has 0 atom stereocenters. The fourth-order valence-electron chi connectivity index (χ4n) is 2.08. The number of H-pyrrole nitrogens is 1. The molecule has 0 spiro atoms. The first-order chi connectivity index (χ1) is 11.6. The zero-order valence-corrected chi connectivity index (χ0v) is 12.9. The van der Waals surface area contributed by atoms with Crippen molar-refractivity contribution in [1.82, 2.24) is 4.98 Å². The van der Waals surface area contributed by atoms with Crippen molar-refractivity contribution in [2.24, 2.45) is 0 Å². The van der Waals surface area contributed by atoms with Crippen molar-refractivity contribution in [2.75, 3.05) is 4.72 Å². The molecule has 1 aromatic heterocycles. The fraction of sp³-hybridized carbons (Fsp3) is 0.